The van der Waals surface area contributed by atoms with E-state index in [-0.39, 0.29) is 11.5 Å². The van der Waals surface area contributed by atoms with E-state index in [9.17, 15) is 19.5 Å². The Bertz CT molecular complexity index is 813. The summed E-state index contributed by atoms with van der Waals surface area (Å²) in [5.74, 6) is -2.86. The summed E-state index contributed by atoms with van der Waals surface area (Å²) < 4.78 is 5.50. The molecule has 0 aliphatic heterocycles. The highest BCUT2D eigenvalue weighted by atomic mass is 79.9. The molecule has 130 valence electrons. The molecule has 1 aromatic carbocycles. The van der Waals surface area contributed by atoms with Gasteiger partial charge in [-0.05, 0) is 46.6 Å². The fourth-order valence-electron chi connectivity index (χ4n) is 1.83. The molecule has 25 heavy (non-hydrogen) atoms. The van der Waals surface area contributed by atoms with E-state index in [2.05, 4.69) is 26.6 Å². The molecule has 0 bridgehead atoms. The molecule has 0 saturated carbocycles. The van der Waals surface area contributed by atoms with Crippen molar-refractivity contribution in [1.82, 2.24) is 10.6 Å². The topological polar surface area (TPSA) is 111 Å². The van der Waals surface area contributed by atoms with Crippen molar-refractivity contribution in [2.45, 2.75) is 13.0 Å². The number of halogens is 1. The summed E-state index contributed by atoms with van der Waals surface area (Å²) in [6.07, 6.45) is 1.42. The average molecular weight is 406 g/mol. The van der Waals surface area contributed by atoms with E-state index in [0.29, 0.717) is 10.2 Å². The van der Waals surface area contributed by atoms with Crippen LogP contribution in [-0.2, 0) is 9.59 Å². The van der Waals surface area contributed by atoms with E-state index in [0.717, 1.165) is 0 Å². The molecular weight excluding hydrogens is 392 g/mol. The summed E-state index contributed by atoms with van der Waals surface area (Å²) in [6.45, 7) is 1.26. The Morgan fingerprint density at radius 3 is 2.40 bits per heavy atom. The smallest absolute Gasteiger partial charge is 0.291 e. The summed E-state index contributed by atoms with van der Waals surface area (Å²) in [6, 6.07) is 10.5. The molecule has 2 N–H and O–H groups in total. The van der Waals surface area contributed by atoms with Crippen LogP contribution in [0.3, 0.4) is 0 Å². The van der Waals surface area contributed by atoms with Gasteiger partial charge in [0.2, 0.25) is 0 Å². The van der Waals surface area contributed by atoms with E-state index in [1.165, 1.54) is 25.1 Å². The summed E-state index contributed by atoms with van der Waals surface area (Å²) in [7, 11) is 0. The molecule has 8 heteroatoms. The number of aliphatic carboxylic acids is 1. The first-order valence-corrected chi connectivity index (χ1v) is 8.01. The van der Waals surface area contributed by atoms with Crippen molar-refractivity contribution in [3.05, 3.63) is 64.2 Å². The Morgan fingerprint density at radius 1 is 1.16 bits per heavy atom. The van der Waals surface area contributed by atoms with Crippen molar-refractivity contribution < 1.29 is 23.9 Å². The SMILES string of the molecule is C[C@H](NC(=O)/C(=C/c1ccccc1)NC(=O)c1ccc(Br)o1)C(=O)[O-]. The van der Waals surface area contributed by atoms with Gasteiger partial charge in [-0.1, -0.05) is 30.3 Å². The quantitative estimate of drug-likeness (QED) is 0.698. The molecule has 7 nitrogen and oxygen atoms in total. The van der Waals surface area contributed by atoms with Crippen molar-refractivity contribution in [3.63, 3.8) is 0 Å². The van der Waals surface area contributed by atoms with Crippen LogP contribution in [0.4, 0.5) is 0 Å². The molecule has 1 heterocycles. The molecule has 0 saturated heterocycles. The van der Waals surface area contributed by atoms with Gasteiger partial charge < -0.3 is 25.0 Å². The van der Waals surface area contributed by atoms with Gasteiger partial charge in [-0.3, -0.25) is 9.59 Å². The van der Waals surface area contributed by atoms with E-state index in [4.69, 9.17) is 4.42 Å². The predicted octanol–water partition coefficient (Wildman–Crippen LogP) is 1.07. The first kappa shape index (κ1) is 18.5. The number of carbonyl (C=O) groups is 3. The summed E-state index contributed by atoms with van der Waals surface area (Å²) >= 11 is 3.09. The lowest BCUT2D eigenvalue weighted by atomic mass is 10.2. The fraction of sp³-hybridized carbons (Fsp3) is 0.118. The second-order valence-corrected chi connectivity index (χ2v) is 5.82. The highest BCUT2D eigenvalue weighted by Crippen LogP contribution is 2.14. The number of carboxylic acids is 1. The van der Waals surface area contributed by atoms with Gasteiger partial charge >= 0.3 is 0 Å². The van der Waals surface area contributed by atoms with Crippen molar-refractivity contribution in [1.29, 1.82) is 0 Å². The van der Waals surface area contributed by atoms with Gasteiger partial charge in [0.1, 0.15) is 5.70 Å². The van der Waals surface area contributed by atoms with E-state index in [1.54, 1.807) is 30.3 Å². The maximum absolute atomic E-state index is 12.3. The molecule has 0 unspecified atom stereocenters. The van der Waals surface area contributed by atoms with Crippen LogP contribution in [0.5, 0.6) is 0 Å². The zero-order valence-electron chi connectivity index (χ0n) is 13.1. The molecule has 0 aliphatic carbocycles. The highest BCUT2D eigenvalue weighted by molar-refractivity contribution is 9.10. The standard InChI is InChI=1S/C17H15BrN2O5/c1-10(17(23)24)19-15(21)12(9-11-5-3-2-4-6-11)20-16(22)13-7-8-14(18)25-13/h2-10H,1H3,(H,19,21)(H,20,22)(H,23,24)/p-1/b12-9-/t10-/m0/s1. The third kappa shape index (κ3) is 5.32. The van der Waals surface area contributed by atoms with Gasteiger partial charge in [-0.2, -0.15) is 0 Å². The number of nitrogens with one attached hydrogen (secondary N) is 2. The number of carbonyl (C=O) groups excluding carboxylic acids is 3. The lowest BCUT2D eigenvalue weighted by Gasteiger charge is -2.16. The number of hydrogen-bond donors (Lipinski definition) is 2. The third-order valence-electron chi connectivity index (χ3n) is 3.10. The Hall–Kier alpha value is -2.87. The minimum atomic E-state index is -1.44. The van der Waals surface area contributed by atoms with E-state index >= 15 is 0 Å². The summed E-state index contributed by atoms with van der Waals surface area (Å²) in [5, 5.41) is 15.5. The van der Waals surface area contributed by atoms with Gasteiger partial charge in [0.25, 0.3) is 11.8 Å². The number of rotatable bonds is 6. The molecule has 0 aliphatic rings. The van der Waals surface area contributed by atoms with Crippen LogP contribution in [0, 0.1) is 0 Å². The number of carboxylic acid groups (broad SMARTS) is 1. The van der Waals surface area contributed by atoms with Crippen molar-refractivity contribution in [2.75, 3.05) is 0 Å². The van der Waals surface area contributed by atoms with Gasteiger partial charge in [-0.15, -0.1) is 0 Å². The van der Waals surface area contributed by atoms with Crippen molar-refractivity contribution in [2.24, 2.45) is 0 Å². The lowest BCUT2D eigenvalue weighted by Crippen LogP contribution is -2.48. The minimum Gasteiger partial charge on any atom is -0.548 e. The molecule has 0 fully saturated rings. The highest BCUT2D eigenvalue weighted by Gasteiger charge is 2.18. The van der Waals surface area contributed by atoms with Crippen LogP contribution in [0.1, 0.15) is 23.0 Å². The first-order chi connectivity index (χ1) is 11.9. The molecule has 0 radical (unpaired) electrons. The first-order valence-electron chi connectivity index (χ1n) is 7.22. The lowest BCUT2D eigenvalue weighted by molar-refractivity contribution is -0.307. The van der Waals surface area contributed by atoms with Gasteiger partial charge in [-0.25, -0.2) is 0 Å². The molecule has 0 spiro atoms. The fourth-order valence-corrected chi connectivity index (χ4v) is 2.13. The van der Waals surface area contributed by atoms with Crippen LogP contribution < -0.4 is 15.7 Å². The predicted molar refractivity (Wildman–Crippen MR) is 90.9 cm³/mol. The number of amides is 2. The van der Waals surface area contributed by atoms with Gasteiger partial charge in [0.05, 0.1) is 12.0 Å². The summed E-state index contributed by atoms with van der Waals surface area (Å²) in [5.41, 5.74) is 0.520. The number of furan rings is 1. The Kier molecular flexibility index (Phi) is 6.13. The van der Waals surface area contributed by atoms with E-state index in [1.807, 2.05) is 0 Å². The van der Waals surface area contributed by atoms with Crippen LogP contribution in [0.2, 0.25) is 0 Å². The maximum Gasteiger partial charge on any atom is 0.291 e. The number of hydrogen-bond acceptors (Lipinski definition) is 5. The Morgan fingerprint density at radius 2 is 1.84 bits per heavy atom. The normalized spacial score (nSPS) is 12.3. The Balaban J connectivity index is 2.25. The Labute approximate surface area is 151 Å². The molecule has 1 aromatic heterocycles. The minimum absolute atomic E-state index is 0.00779. The average Bonchev–Trinajstić information content (AvgIpc) is 3.01. The van der Waals surface area contributed by atoms with Crippen LogP contribution in [-0.4, -0.2) is 23.8 Å². The summed E-state index contributed by atoms with van der Waals surface area (Å²) in [4.78, 5) is 35.3. The third-order valence-corrected chi connectivity index (χ3v) is 3.53. The largest absolute Gasteiger partial charge is 0.548 e. The monoisotopic (exact) mass is 405 g/mol. The molecule has 2 aromatic rings. The molecule has 1 atom stereocenters. The zero-order chi connectivity index (χ0) is 18.4. The van der Waals surface area contributed by atoms with Crippen molar-refractivity contribution >= 4 is 39.8 Å². The molecule has 2 amide bonds. The number of benzene rings is 1. The van der Waals surface area contributed by atoms with Crippen LogP contribution in [0.25, 0.3) is 6.08 Å². The molecular formula is C17H14BrN2O5-. The molecule has 2 rings (SSSR count). The van der Waals surface area contributed by atoms with Crippen molar-refractivity contribution in [3.8, 4) is 0 Å². The second-order valence-electron chi connectivity index (χ2n) is 5.04. The van der Waals surface area contributed by atoms with Gasteiger partial charge in [0, 0.05) is 0 Å². The van der Waals surface area contributed by atoms with Crippen LogP contribution >= 0.6 is 15.9 Å². The van der Waals surface area contributed by atoms with E-state index < -0.39 is 23.8 Å². The maximum atomic E-state index is 12.3. The zero-order valence-corrected chi connectivity index (χ0v) is 14.7. The van der Waals surface area contributed by atoms with Gasteiger partial charge in [0.15, 0.2) is 10.4 Å². The second kappa shape index (κ2) is 8.29. The van der Waals surface area contributed by atoms with Crippen LogP contribution in [0.15, 0.2) is 57.2 Å².